The van der Waals surface area contributed by atoms with Crippen LogP contribution in [0.4, 0.5) is 0 Å². The molecule has 62 heavy (non-hydrogen) atoms. The Morgan fingerprint density at radius 1 is 0.452 bits per heavy atom. The van der Waals surface area contributed by atoms with Crippen molar-refractivity contribution in [1.29, 1.82) is 0 Å². The number of rotatable bonds is 8. The summed E-state index contributed by atoms with van der Waals surface area (Å²) >= 11 is 0. The molecule has 6 rings (SSSR count). The number of nitrogens with one attached hydrogen (secondary N) is 2. The van der Waals surface area contributed by atoms with Crippen LogP contribution in [0.15, 0.2) is 72.8 Å². The molecule has 0 aromatic heterocycles. The average Bonchev–Trinajstić information content (AvgIpc) is 3.20. The summed E-state index contributed by atoms with van der Waals surface area (Å²) in [6.45, 7) is 2.23. The highest BCUT2D eigenvalue weighted by molar-refractivity contribution is 7.89. The Labute approximate surface area is 362 Å². The minimum Gasteiger partial charge on any atom is -0.491 e. The van der Waals surface area contributed by atoms with Crippen molar-refractivity contribution in [3.8, 4) is 23.0 Å². The lowest BCUT2D eigenvalue weighted by Crippen LogP contribution is -2.33. The lowest BCUT2D eigenvalue weighted by Gasteiger charge is -2.22. The second kappa shape index (κ2) is 22.2. The van der Waals surface area contributed by atoms with E-state index in [1.807, 2.05) is 82.2 Å². The Hall–Kier alpha value is -5.24. The zero-order valence-corrected chi connectivity index (χ0v) is 36.4. The summed E-state index contributed by atoms with van der Waals surface area (Å²) in [6, 6.07) is 22.9. The van der Waals surface area contributed by atoms with Crippen LogP contribution in [-0.2, 0) is 74.3 Å². The third kappa shape index (κ3) is 14.1. The summed E-state index contributed by atoms with van der Waals surface area (Å²) in [7, 11) is -7.72. The lowest BCUT2D eigenvalue weighted by atomic mass is 9.91. The third-order valence-corrected chi connectivity index (χ3v) is 10.8. The summed E-state index contributed by atoms with van der Waals surface area (Å²) in [5.74, 6) is 0.240. The molecule has 1 aliphatic carbocycles. The zero-order valence-electron chi connectivity index (χ0n) is 34.8. The van der Waals surface area contributed by atoms with E-state index in [1.165, 1.54) is 0 Å². The van der Waals surface area contributed by atoms with Gasteiger partial charge in [-0.3, -0.25) is 19.0 Å². The van der Waals surface area contributed by atoms with Gasteiger partial charge in [-0.2, -0.15) is 0 Å². The van der Waals surface area contributed by atoms with Crippen LogP contribution >= 0.6 is 0 Å². The molecule has 1 aliphatic heterocycles. The molecule has 18 heteroatoms. The standard InChI is InChI=1S/C44H52N2O14S2/c1-61(49,50)45-39(47)29-59-43-35-11-5-13-37(43)28-38-14-6-12-36(44(38)60-30-40(48)46-62(2,51)52)27-34-10-4-8-32-25-31-7-3-9-33(26-35)41(31)57-23-21-55-19-17-53-15-16-54-18-20-56-22-24-58-42(32)34/h3-14H,15-30H2,1-2H3,(H,45,47)(H,46,48). The molecule has 4 aromatic carbocycles. The molecule has 2 amide bonds. The fraction of sp³-hybridized carbons (Fsp3) is 0.409. The molecule has 4 aromatic rings. The lowest BCUT2D eigenvalue weighted by molar-refractivity contribution is -0.122. The molecule has 0 saturated heterocycles. The maximum Gasteiger partial charge on any atom is 0.271 e. The van der Waals surface area contributed by atoms with Gasteiger partial charge in [-0.05, 0) is 44.5 Å². The van der Waals surface area contributed by atoms with Crippen molar-refractivity contribution in [3.05, 3.63) is 117 Å². The molecule has 0 saturated carbocycles. The van der Waals surface area contributed by atoms with E-state index in [0.717, 1.165) is 34.8 Å². The van der Waals surface area contributed by atoms with Crippen molar-refractivity contribution in [1.82, 2.24) is 9.44 Å². The topological polar surface area (TPSA) is 200 Å². The number of hydrogen-bond acceptors (Lipinski definition) is 14. The molecule has 334 valence electrons. The Balaban J connectivity index is 1.48. The van der Waals surface area contributed by atoms with Crippen LogP contribution in [-0.4, -0.2) is 120 Å². The van der Waals surface area contributed by atoms with Crippen molar-refractivity contribution in [2.24, 2.45) is 0 Å². The van der Waals surface area contributed by atoms with Gasteiger partial charge in [0.1, 0.15) is 36.2 Å². The number of carbonyl (C=O) groups is 2. The Morgan fingerprint density at radius 3 is 1.02 bits per heavy atom. The predicted molar refractivity (Wildman–Crippen MR) is 228 cm³/mol. The van der Waals surface area contributed by atoms with Crippen LogP contribution < -0.4 is 28.4 Å². The van der Waals surface area contributed by atoms with Crippen LogP contribution in [0.5, 0.6) is 23.0 Å². The minimum absolute atomic E-state index is 0.169. The second-order valence-electron chi connectivity index (χ2n) is 14.6. The Bertz CT molecular complexity index is 2240. The summed E-state index contributed by atoms with van der Waals surface area (Å²) in [4.78, 5) is 25.6. The normalized spacial score (nSPS) is 15.8. The van der Waals surface area contributed by atoms with Crippen LogP contribution in [0.25, 0.3) is 0 Å². The molecule has 0 radical (unpaired) electrons. The van der Waals surface area contributed by atoms with Crippen molar-refractivity contribution >= 4 is 31.9 Å². The summed E-state index contributed by atoms with van der Waals surface area (Å²) in [5, 5.41) is 0. The maximum atomic E-state index is 12.8. The zero-order chi connectivity index (χ0) is 44.0. The number of sulfonamides is 2. The molecule has 1 heterocycles. The van der Waals surface area contributed by atoms with Crippen molar-refractivity contribution in [2.75, 3.05) is 91.8 Å². The van der Waals surface area contributed by atoms with E-state index >= 15 is 0 Å². The van der Waals surface area contributed by atoms with Gasteiger partial charge in [0.05, 0.1) is 65.4 Å². The molecule has 16 nitrogen and oxygen atoms in total. The molecular weight excluding hydrogens is 845 g/mol. The first-order chi connectivity index (χ1) is 29.8. The van der Waals surface area contributed by atoms with E-state index in [0.29, 0.717) is 105 Å². The highest BCUT2D eigenvalue weighted by Gasteiger charge is 2.23. The molecule has 0 spiro atoms. The number of benzene rings is 4. The number of ether oxygens (including phenoxy) is 8. The largest absolute Gasteiger partial charge is 0.491 e. The van der Waals surface area contributed by atoms with Gasteiger partial charge in [-0.25, -0.2) is 16.8 Å². The van der Waals surface area contributed by atoms with Gasteiger partial charge < -0.3 is 37.9 Å². The molecule has 2 N–H and O–H groups in total. The van der Waals surface area contributed by atoms with E-state index in [2.05, 4.69) is 0 Å². The van der Waals surface area contributed by atoms with Gasteiger partial charge in [-0.1, -0.05) is 72.8 Å². The Morgan fingerprint density at radius 2 is 0.710 bits per heavy atom. The van der Waals surface area contributed by atoms with Gasteiger partial charge in [0, 0.05) is 25.7 Å². The number of para-hydroxylation sites is 4. The number of carbonyl (C=O) groups excluding carboxylic acids is 2. The third-order valence-electron chi connectivity index (χ3n) is 9.59. The van der Waals surface area contributed by atoms with E-state index in [9.17, 15) is 26.4 Å². The quantitative estimate of drug-likeness (QED) is 0.230. The van der Waals surface area contributed by atoms with E-state index in [1.54, 1.807) is 0 Å². The summed E-state index contributed by atoms with van der Waals surface area (Å²) < 4.78 is 100. The smallest absolute Gasteiger partial charge is 0.271 e. The van der Waals surface area contributed by atoms with E-state index in [-0.39, 0.29) is 32.5 Å². The number of hydrogen-bond donors (Lipinski definition) is 2. The van der Waals surface area contributed by atoms with Crippen LogP contribution in [0.3, 0.4) is 0 Å². The fourth-order valence-electron chi connectivity index (χ4n) is 7.14. The monoisotopic (exact) mass is 896 g/mol. The first-order valence-electron chi connectivity index (χ1n) is 20.1. The minimum atomic E-state index is -3.86. The maximum absolute atomic E-state index is 12.8. The van der Waals surface area contributed by atoms with Crippen LogP contribution in [0.1, 0.15) is 44.5 Å². The molecular formula is C44H52N2O14S2. The van der Waals surface area contributed by atoms with E-state index < -0.39 is 45.1 Å². The first-order valence-corrected chi connectivity index (χ1v) is 23.9. The molecule has 2 aliphatic rings. The van der Waals surface area contributed by atoms with Crippen LogP contribution in [0, 0.1) is 0 Å². The van der Waals surface area contributed by atoms with Crippen LogP contribution in [0.2, 0.25) is 0 Å². The molecule has 10 bridgehead atoms. The highest BCUT2D eigenvalue weighted by Crippen LogP contribution is 2.39. The number of fused-ring (bicyclic) bond motifs is 4. The molecule has 0 atom stereocenters. The van der Waals surface area contributed by atoms with E-state index in [4.69, 9.17) is 37.9 Å². The van der Waals surface area contributed by atoms with Gasteiger partial charge >= 0.3 is 0 Å². The first kappa shape index (κ1) is 46.3. The number of amides is 2. The molecule has 0 fully saturated rings. The summed E-state index contributed by atoms with van der Waals surface area (Å²) in [6.07, 6.45) is 2.91. The SMILES string of the molecule is CS(=O)(=O)NC(=O)COc1c2cccc1Cc1cccc(c1OCC(=O)NS(C)(=O)=O)Cc1cccc3c1OCCOCCOCCOCCOCCOc1c(cccc1C2)C3. The van der Waals surface area contributed by atoms with Gasteiger partial charge in [0.15, 0.2) is 13.2 Å². The second-order valence-corrected chi connectivity index (χ2v) is 18.1. The van der Waals surface area contributed by atoms with Crippen molar-refractivity contribution in [2.45, 2.75) is 25.7 Å². The molecule has 0 unspecified atom stereocenters. The summed E-state index contributed by atoms with van der Waals surface area (Å²) in [5.41, 5.74) is 5.97. The van der Waals surface area contributed by atoms with Crippen molar-refractivity contribution in [3.63, 3.8) is 0 Å². The Kier molecular flexibility index (Phi) is 16.6. The fourth-order valence-corrected chi connectivity index (χ4v) is 8.09. The predicted octanol–water partition coefficient (Wildman–Crippen LogP) is 3.11. The van der Waals surface area contributed by atoms with Crippen molar-refractivity contribution < 1.29 is 64.3 Å². The highest BCUT2D eigenvalue weighted by atomic mass is 32.2. The average molecular weight is 897 g/mol. The van der Waals surface area contributed by atoms with Gasteiger partial charge in [0.25, 0.3) is 11.8 Å². The van der Waals surface area contributed by atoms with Gasteiger partial charge in [0.2, 0.25) is 20.0 Å². The van der Waals surface area contributed by atoms with Gasteiger partial charge in [-0.15, -0.1) is 0 Å².